The van der Waals surface area contributed by atoms with E-state index in [1.165, 1.54) is 20.0 Å². The monoisotopic (exact) mass is 343 g/mol. The van der Waals surface area contributed by atoms with Crippen molar-refractivity contribution in [1.82, 2.24) is 4.90 Å². The molecule has 110 valence electrons. The Balaban J connectivity index is 2.12. The first kappa shape index (κ1) is 15.1. The van der Waals surface area contributed by atoms with E-state index < -0.39 is 5.97 Å². The summed E-state index contributed by atoms with van der Waals surface area (Å²) in [7, 11) is 1.49. The van der Waals surface area contributed by atoms with Gasteiger partial charge in [0.1, 0.15) is 0 Å². The highest BCUT2D eigenvalue weighted by atomic mass is 79.9. The van der Waals surface area contributed by atoms with Gasteiger partial charge in [-0.2, -0.15) is 0 Å². The van der Waals surface area contributed by atoms with Crippen LogP contribution in [0.1, 0.15) is 18.4 Å². The van der Waals surface area contributed by atoms with Gasteiger partial charge in [0.05, 0.1) is 18.1 Å². The van der Waals surface area contributed by atoms with Gasteiger partial charge in [0.2, 0.25) is 0 Å². The zero-order valence-corrected chi connectivity index (χ0v) is 12.9. The van der Waals surface area contributed by atoms with Crippen molar-refractivity contribution in [3.8, 4) is 11.5 Å². The van der Waals surface area contributed by atoms with E-state index in [9.17, 15) is 9.90 Å². The number of methoxy groups -OCH3 is 1. The summed E-state index contributed by atoms with van der Waals surface area (Å²) < 4.78 is 5.66. The second-order valence-electron chi connectivity index (χ2n) is 5.14. The Hall–Kier alpha value is -1.27. The Morgan fingerprint density at radius 3 is 2.75 bits per heavy atom. The molecular weight excluding hydrogens is 326 g/mol. The summed E-state index contributed by atoms with van der Waals surface area (Å²) in [4.78, 5) is 12.8. The first-order valence-corrected chi connectivity index (χ1v) is 7.28. The molecule has 1 fully saturated rings. The highest BCUT2D eigenvalue weighted by Crippen LogP contribution is 2.36. The van der Waals surface area contributed by atoms with Gasteiger partial charge in [-0.3, -0.25) is 9.69 Å². The van der Waals surface area contributed by atoms with Crippen LogP contribution in [0.2, 0.25) is 0 Å². The molecule has 0 atom stereocenters. The smallest absolute Gasteiger partial charge is 0.317 e. The third kappa shape index (κ3) is 4.11. The lowest BCUT2D eigenvalue weighted by atomic mass is 10.1. The number of hydrogen-bond acceptors (Lipinski definition) is 4. The molecule has 0 bridgehead atoms. The third-order valence-electron chi connectivity index (χ3n) is 3.29. The number of carbonyl (C=O) groups is 1. The molecule has 5 nitrogen and oxygen atoms in total. The normalized spacial score (nSPS) is 14.6. The lowest BCUT2D eigenvalue weighted by Crippen LogP contribution is -2.31. The highest BCUT2D eigenvalue weighted by molar-refractivity contribution is 9.10. The summed E-state index contributed by atoms with van der Waals surface area (Å²) in [6.07, 6.45) is 2.36. The second-order valence-corrected chi connectivity index (χ2v) is 5.99. The lowest BCUT2D eigenvalue weighted by Gasteiger charge is -2.20. The van der Waals surface area contributed by atoms with Gasteiger partial charge in [0.15, 0.2) is 11.5 Å². The number of carboxylic acids is 1. The first-order chi connectivity index (χ1) is 9.49. The maximum Gasteiger partial charge on any atom is 0.317 e. The van der Waals surface area contributed by atoms with Gasteiger partial charge in [-0.05, 0) is 52.4 Å². The van der Waals surface area contributed by atoms with Gasteiger partial charge in [0.25, 0.3) is 0 Å². The maximum atomic E-state index is 10.9. The number of benzene rings is 1. The molecule has 20 heavy (non-hydrogen) atoms. The van der Waals surface area contributed by atoms with E-state index in [1.807, 2.05) is 4.90 Å². The number of carboxylic acid groups (broad SMARTS) is 1. The summed E-state index contributed by atoms with van der Waals surface area (Å²) in [5.41, 5.74) is 0.911. The predicted octanol–water partition coefficient (Wildman–Crippen LogP) is 2.46. The molecule has 0 spiro atoms. The molecule has 0 unspecified atom stereocenters. The summed E-state index contributed by atoms with van der Waals surface area (Å²) >= 11 is 3.28. The molecule has 0 aromatic heterocycles. The summed E-state index contributed by atoms with van der Waals surface area (Å²) in [5.74, 6) is 0.242. The fourth-order valence-corrected chi connectivity index (χ4v) is 2.66. The topological polar surface area (TPSA) is 70.0 Å². The number of rotatable bonds is 7. The van der Waals surface area contributed by atoms with Gasteiger partial charge >= 0.3 is 5.97 Å². The zero-order chi connectivity index (χ0) is 14.7. The molecule has 1 saturated carbocycles. The molecule has 0 heterocycles. The van der Waals surface area contributed by atoms with Gasteiger partial charge < -0.3 is 14.9 Å². The van der Waals surface area contributed by atoms with Gasteiger partial charge in [0, 0.05) is 13.1 Å². The van der Waals surface area contributed by atoms with Gasteiger partial charge in [-0.15, -0.1) is 0 Å². The summed E-state index contributed by atoms with van der Waals surface area (Å²) in [5, 5.41) is 18.8. The number of ether oxygens (including phenoxy) is 1. The van der Waals surface area contributed by atoms with Crippen LogP contribution in [0.15, 0.2) is 16.6 Å². The predicted molar refractivity (Wildman–Crippen MR) is 78.0 cm³/mol. The van der Waals surface area contributed by atoms with E-state index in [4.69, 9.17) is 9.84 Å². The molecule has 2 rings (SSSR count). The number of aromatic hydroxyl groups is 1. The zero-order valence-electron chi connectivity index (χ0n) is 11.3. The van der Waals surface area contributed by atoms with Crippen LogP contribution in [0.25, 0.3) is 0 Å². The number of halogens is 1. The number of hydrogen-bond donors (Lipinski definition) is 2. The SMILES string of the molecule is COc1cc(CN(CC(=O)O)CC2CC2)cc(Br)c1O. The fourth-order valence-electron chi connectivity index (χ4n) is 2.17. The number of phenolic OH excluding ortho intramolecular Hbond substituents is 1. The van der Waals surface area contributed by atoms with Crippen molar-refractivity contribution in [2.24, 2.45) is 5.92 Å². The van der Waals surface area contributed by atoms with E-state index in [0.717, 1.165) is 12.1 Å². The first-order valence-electron chi connectivity index (χ1n) is 6.49. The van der Waals surface area contributed by atoms with Crippen LogP contribution in [-0.4, -0.2) is 41.3 Å². The summed E-state index contributed by atoms with van der Waals surface area (Å²) in [6, 6.07) is 3.53. The number of phenols is 1. The van der Waals surface area contributed by atoms with Crippen LogP contribution >= 0.6 is 15.9 Å². The Kier molecular flexibility index (Phi) is 4.88. The van der Waals surface area contributed by atoms with Crippen molar-refractivity contribution in [2.75, 3.05) is 20.2 Å². The van der Waals surface area contributed by atoms with E-state index in [2.05, 4.69) is 15.9 Å². The summed E-state index contributed by atoms with van der Waals surface area (Å²) in [6.45, 7) is 1.35. The van der Waals surface area contributed by atoms with Crippen LogP contribution in [0.5, 0.6) is 11.5 Å². The largest absolute Gasteiger partial charge is 0.503 e. The van der Waals surface area contributed by atoms with Crippen molar-refractivity contribution < 1.29 is 19.7 Å². The van der Waals surface area contributed by atoms with E-state index in [0.29, 0.717) is 22.7 Å². The fraction of sp³-hybridized carbons (Fsp3) is 0.500. The minimum Gasteiger partial charge on any atom is -0.503 e. The van der Waals surface area contributed by atoms with Crippen molar-refractivity contribution in [3.63, 3.8) is 0 Å². The van der Waals surface area contributed by atoms with Crippen LogP contribution < -0.4 is 4.74 Å². The minimum atomic E-state index is -0.824. The van der Waals surface area contributed by atoms with Crippen LogP contribution in [0.3, 0.4) is 0 Å². The van der Waals surface area contributed by atoms with Crippen molar-refractivity contribution in [1.29, 1.82) is 0 Å². The van der Waals surface area contributed by atoms with Crippen molar-refractivity contribution in [2.45, 2.75) is 19.4 Å². The quantitative estimate of drug-likeness (QED) is 0.795. The van der Waals surface area contributed by atoms with E-state index >= 15 is 0 Å². The molecule has 1 aliphatic rings. The molecule has 0 saturated heterocycles. The average Bonchev–Trinajstić information content (AvgIpc) is 3.16. The van der Waals surface area contributed by atoms with Gasteiger partial charge in [-0.25, -0.2) is 0 Å². The molecule has 1 aliphatic carbocycles. The molecule has 6 heteroatoms. The minimum absolute atomic E-state index is 0.0251. The maximum absolute atomic E-state index is 10.9. The highest BCUT2D eigenvalue weighted by Gasteiger charge is 2.25. The third-order valence-corrected chi connectivity index (χ3v) is 3.89. The molecule has 0 amide bonds. The Bertz CT molecular complexity index is 502. The average molecular weight is 344 g/mol. The molecule has 2 N–H and O–H groups in total. The Labute approximate surface area is 126 Å². The molecular formula is C14H18BrNO4. The molecule has 0 aliphatic heterocycles. The van der Waals surface area contributed by atoms with Crippen molar-refractivity contribution in [3.05, 3.63) is 22.2 Å². The van der Waals surface area contributed by atoms with Gasteiger partial charge in [-0.1, -0.05) is 0 Å². The molecule has 0 radical (unpaired) electrons. The molecule has 1 aromatic rings. The van der Waals surface area contributed by atoms with Crippen LogP contribution in [0, 0.1) is 5.92 Å². The Morgan fingerprint density at radius 1 is 1.50 bits per heavy atom. The van der Waals surface area contributed by atoms with Crippen molar-refractivity contribution >= 4 is 21.9 Å². The number of aliphatic carboxylic acids is 1. The second kappa shape index (κ2) is 6.45. The standard InChI is InChI=1S/C14H18BrNO4/c1-20-12-5-10(4-11(15)14(12)19)7-16(8-13(17)18)6-9-2-3-9/h4-5,9,19H,2-3,6-8H2,1H3,(H,17,18). The van der Waals surface area contributed by atoms with E-state index in [-0.39, 0.29) is 12.3 Å². The van der Waals surface area contributed by atoms with Crippen LogP contribution in [0.4, 0.5) is 0 Å². The van der Waals surface area contributed by atoms with E-state index in [1.54, 1.807) is 12.1 Å². The van der Waals surface area contributed by atoms with Crippen LogP contribution in [-0.2, 0) is 11.3 Å². The molecule has 1 aromatic carbocycles. The lowest BCUT2D eigenvalue weighted by molar-refractivity contribution is -0.138. The Morgan fingerprint density at radius 2 is 2.20 bits per heavy atom. The number of nitrogens with zero attached hydrogens (tertiary/aromatic N) is 1.